The SMILES string of the molecule is Cc1cc(OCc2ccc(C=Nn3c(-c4ccco4)n[nH]c3=S)o2)cc(C)c1Cl. The highest BCUT2D eigenvalue weighted by molar-refractivity contribution is 7.71. The first-order valence-corrected chi connectivity index (χ1v) is 9.54. The fraction of sp³-hybridized carbons (Fsp3) is 0.150. The summed E-state index contributed by atoms with van der Waals surface area (Å²) in [4.78, 5) is 0. The maximum absolute atomic E-state index is 6.19. The van der Waals surface area contributed by atoms with E-state index in [2.05, 4.69) is 15.3 Å². The lowest BCUT2D eigenvalue weighted by Crippen LogP contribution is -1.95. The number of aryl methyl sites for hydroxylation is 2. The molecule has 0 saturated carbocycles. The molecule has 4 aromatic rings. The molecule has 0 aliphatic heterocycles. The number of ether oxygens (including phenoxy) is 1. The lowest BCUT2D eigenvalue weighted by Gasteiger charge is -2.08. The monoisotopic (exact) mass is 428 g/mol. The van der Waals surface area contributed by atoms with Crippen LogP contribution in [0.25, 0.3) is 11.6 Å². The average Bonchev–Trinajstić information content (AvgIpc) is 3.44. The molecule has 0 fully saturated rings. The number of benzene rings is 1. The molecule has 0 saturated heterocycles. The summed E-state index contributed by atoms with van der Waals surface area (Å²) in [5, 5.41) is 11.9. The van der Waals surface area contributed by atoms with Crippen LogP contribution >= 0.6 is 23.8 Å². The van der Waals surface area contributed by atoms with E-state index in [1.54, 1.807) is 30.7 Å². The molecule has 1 N–H and O–H groups in total. The predicted molar refractivity (Wildman–Crippen MR) is 112 cm³/mol. The standard InChI is InChI=1S/C20H17ClN4O3S/c1-12-8-16(9-13(2)18(12)21)27-11-15-6-5-14(28-15)10-22-25-19(23-24-20(25)29)17-4-3-7-26-17/h3-10H,11H2,1-2H3,(H,24,29). The molecule has 0 atom stereocenters. The van der Waals surface area contributed by atoms with Crippen LogP contribution in [0.5, 0.6) is 5.75 Å². The number of H-pyrrole nitrogens is 1. The Kier molecular flexibility index (Phi) is 5.37. The van der Waals surface area contributed by atoms with E-state index < -0.39 is 0 Å². The summed E-state index contributed by atoms with van der Waals surface area (Å²) in [6.45, 7) is 4.18. The smallest absolute Gasteiger partial charge is 0.219 e. The van der Waals surface area contributed by atoms with Crippen molar-refractivity contribution in [3.63, 3.8) is 0 Å². The van der Waals surface area contributed by atoms with Crippen LogP contribution in [-0.4, -0.2) is 21.1 Å². The van der Waals surface area contributed by atoms with Gasteiger partial charge in [0.1, 0.15) is 23.9 Å². The molecule has 0 amide bonds. The van der Waals surface area contributed by atoms with Crippen molar-refractivity contribution in [1.29, 1.82) is 0 Å². The molecule has 148 valence electrons. The summed E-state index contributed by atoms with van der Waals surface area (Å²) in [5.41, 5.74) is 1.94. The number of hydrogen-bond donors (Lipinski definition) is 1. The van der Waals surface area contributed by atoms with E-state index in [4.69, 9.17) is 37.4 Å². The van der Waals surface area contributed by atoms with Gasteiger partial charge >= 0.3 is 0 Å². The van der Waals surface area contributed by atoms with Crippen molar-refractivity contribution in [2.75, 3.05) is 0 Å². The number of halogens is 1. The molecule has 1 aromatic carbocycles. The highest BCUT2D eigenvalue weighted by atomic mass is 35.5. The van der Waals surface area contributed by atoms with E-state index in [0.29, 0.717) is 27.9 Å². The van der Waals surface area contributed by atoms with Crippen molar-refractivity contribution in [2.45, 2.75) is 20.5 Å². The quantitative estimate of drug-likeness (QED) is 0.322. The molecule has 3 heterocycles. The molecule has 7 nitrogen and oxygen atoms in total. The van der Waals surface area contributed by atoms with Crippen LogP contribution in [0, 0.1) is 18.6 Å². The first kappa shape index (κ1) is 19.2. The molecule has 0 aliphatic rings. The summed E-state index contributed by atoms with van der Waals surface area (Å²) in [5.74, 6) is 2.99. The summed E-state index contributed by atoms with van der Waals surface area (Å²) in [6.07, 6.45) is 3.11. The number of aromatic nitrogens is 3. The van der Waals surface area contributed by atoms with E-state index in [1.165, 1.54) is 4.68 Å². The molecular formula is C20H17ClN4O3S. The molecule has 29 heavy (non-hydrogen) atoms. The van der Waals surface area contributed by atoms with Gasteiger partial charge in [-0.15, -0.1) is 5.10 Å². The van der Waals surface area contributed by atoms with Gasteiger partial charge in [-0.25, -0.2) is 5.10 Å². The van der Waals surface area contributed by atoms with Crippen LogP contribution in [0.15, 0.2) is 56.6 Å². The van der Waals surface area contributed by atoms with Crippen LogP contribution in [0.1, 0.15) is 22.6 Å². The summed E-state index contributed by atoms with van der Waals surface area (Å²) in [6, 6.07) is 11.0. The first-order valence-electron chi connectivity index (χ1n) is 8.75. The third-order valence-corrected chi connectivity index (χ3v) is 5.03. The Morgan fingerprint density at radius 2 is 2.07 bits per heavy atom. The molecular weight excluding hydrogens is 412 g/mol. The fourth-order valence-corrected chi connectivity index (χ4v) is 3.05. The van der Waals surface area contributed by atoms with E-state index in [-0.39, 0.29) is 6.61 Å². The minimum absolute atomic E-state index is 0.289. The van der Waals surface area contributed by atoms with Gasteiger partial charge in [0.2, 0.25) is 10.6 Å². The minimum Gasteiger partial charge on any atom is -0.486 e. The summed E-state index contributed by atoms with van der Waals surface area (Å²) >= 11 is 11.4. The van der Waals surface area contributed by atoms with Gasteiger partial charge in [0, 0.05) is 5.02 Å². The minimum atomic E-state index is 0.289. The zero-order valence-electron chi connectivity index (χ0n) is 15.7. The van der Waals surface area contributed by atoms with Gasteiger partial charge < -0.3 is 13.6 Å². The Bertz CT molecular complexity index is 1200. The van der Waals surface area contributed by atoms with Gasteiger partial charge in [-0.05, 0) is 73.6 Å². The third kappa shape index (κ3) is 4.18. The summed E-state index contributed by atoms with van der Waals surface area (Å²) < 4.78 is 18.7. The molecule has 0 bridgehead atoms. The van der Waals surface area contributed by atoms with Crippen molar-refractivity contribution in [2.24, 2.45) is 5.10 Å². The van der Waals surface area contributed by atoms with Crippen LogP contribution in [0.3, 0.4) is 0 Å². The van der Waals surface area contributed by atoms with Crippen molar-refractivity contribution in [1.82, 2.24) is 14.9 Å². The predicted octanol–water partition coefficient (Wildman–Crippen LogP) is 5.53. The second kappa shape index (κ2) is 8.10. The van der Waals surface area contributed by atoms with Crippen molar-refractivity contribution in [3.8, 4) is 17.3 Å². The molecule has 0 radical (unpaired) electrons. The number of furan rings is 2. The highest BCUT2D eigenvalue weighted by Crippen LogP contribution is 2.26. The van der Waals surface area contributed by atoms with E-state index in [9.17, 15) is 0 Å². The van der Waals surface area contributed by atoms with Gasteiger partial charge in [-0.1, -0.05) is 11.6 Å². The normalized spacial score (nSPS) is 11.4. The Hall–Kier alpha value is -3.10. The number of rotatable bonds is 6. The number of nitrogens with zero attached hydrogens (tertiary/aromatic N) is 3. The molecule has 0 unspecified atom stereocenters. The van der Waals surface area contributed by atoms with E-state index in [1.807, 2.05) is 32.0 Å². The van der Waals surface area contributed by atoms with Crippen LogP contribution < -0.4 is 4.74 Å². The van der Waals surface area contributed by atoms with Crippen LogP contribution in [0.4, 0.5) is 0 Å². The molecule has 0 aliphatic carbocycles. The van der Waals surface area contributed by atoms with Gasteiger partial charge in [0.15, 0.2) is 5.76 Å². The van der Waals surface area contributed by atoms with Crippen molar-refractivity contribution >= 4 is 30.0 Å². The zero-order valence-corrected chi connectivity index (χ0v) is 17.3. The largest absolute Gasteiger partial charge is 0.486 e. The second-order valence-corrected chi connectivity index (χ2v) is 7.11. The topological polar surface area (TPSA) is 81.5 Å². The molecule has 0 spiro atoms. The Labute approximate surface area is 176 Å². The van der Waals surface area contributed by atoms with Crippen LogP contribution in [0.2, 0.25) is 5.02 Å². The van der Waals surface area contributed by atoms with Gasteiger partial charge in [0.05, 0.1) is 12.5 Å². The maximum atomic E-state index is 6.19. The number of hydrogen-bond acceptors (Lipinski definition) is 6. The van der Waals surface area contributed by atoms with Gasteiger partial charge in [-0.3, -0.25) is 0 Å². The second-order valence-electron chi connectivity index (χ2n) is 6.35. The third-order valence-electron chi connectivity index (χ3n) is 4.17. The zero-order chi connectivity index (χ0) is 20.4. The lowest BCUT2D eigenvalue weighted by atomic mass is 10.1. The Balaban J connectivity index is 1.47. The molecule has 9 heteroatoms. The maximum Gasteiger partial charge on any atom is 0.219 e. The highest BCUT2D eigenvalue weighted by Gasteiger charge is 2.11. The van der Waals surface area contributed by atoms with E-state index >= 15 is 0 Å². The van der Waals surface area contributed by atoms with Crippen molar-refractivity contribution < 1.29 is 13.6 Å². The fourth-order valence-electron chi connectivity index (χ4n) is 2.76. The van der Waals surface area contributed by atoms with Crippen molar-refractivity contribution in [3.05, 3.63) is 75.1 Å². The Morgan fingerprint density at radius 1 is 1.28 bits per heavy atom. The first-order chi connectivity index (χ1) is 14.0. The van der Waals surface area contributed by atoms with Crippen LogP contribution in [-0.2, 0) is 6.61 Å². The average molecular weight is 429 g/mol. The lowest BCUT2D eigenvalue weighted by molar-refractivity contribution is 0.269. The molecule has 4 rings (SSSR count). The van der Waals surface area contributed by atoms with Gasteiger partial charge in [-0.2, -0.15) is 9.78 Å². The number of aromatic amines is 1. The van der Waals surface area contributed by atoms with Gasteiger partial charge in [0.25, 0.3) is 0 Å². The molecule has 3 aromatic heterocycles. The van der Waals surface area contributed by atoms with E-state index in [0.717, 1.165) is 21.9 Å². The number of nitrogens with one attached hydrogen (secondary N) is 1. The Morgan fingerprint density at radius 3 is 2.79 bits per heavy atom. The summed E-state index contributed by atoms with van der Waals surface area (Å²) in [7, 11) is 0.